The van der Waals surface area contributed by atoms with Gasteiger partial charge in [0.25, 0.3) is 5.69 Å². The maximum Gasteiger partial charge on any atom is 0.270 e. The molecular weight excluding hydrogens is 230 g/mol. The number of nitro groups is 1. The highest BCUT2D eigenvalue weighted by molar-refractivity contribution is 6.07. The van der Waals surface area contributed by atoms with E-state index in [-0.39, 0.29) is 11.5 Å². The number of carbonyl (C=O) groups excluding carboxylic acids is 1. The van der Waals surface area contributed by atoms with Crippen molar-refractivity contribution in [1.82, 2.24) is 0 Å². The Labute approximate surface area is 105 Å². The lowest BCUT2D eigenvalue weighted by Gasteiger charge is -2.00. The minimum absolute atomic E-state index is 0.0120. The second-order valence-electron chi connectivity index (χ2n) is 3.72. The molecule has 0 atom stereocenters. The second kappa shape index (κ2) is 5.58. The molecule has 0 aromatic heterocycles. The standard InChI is InChI=1S/C14H10NO3/c16-14(12-5-1-2-6-12)9-8-11-4-3-7-13(10-11)15(17)18/h1-10H/b9-8+. The quantitative estimate of drug-likeness (QED) is 0.461. The SMILES string of the molecule is O=C(/C=C/c1cccc([N+](=O)[O-])c1)[C]1[CH][CH][CH][CH]1. The summed E-state index contributed by atoms with van der Waals surface area (Å²) in [5.74, 6) is 0.489. The number of benzene rings is 1. The van der Waals surface area contributed by atoms with Crippen LogP contribution in [0.1, 0.15) is 5.56 Å². The smallest absolute Gasteiger partial charge is 0.270 e. The second-order valence-corrected chi connectivity index (χ2v) is 3.72. The Morgan fingerprint density at radius 1 is 1.22 bits per heavy atom. The zero-order valence-corrected chi connectivity index (χ0v) is 9.45. The van der Waals surface area contributed by atoms with Crippen LogP contribution >= 0.6 is 0 Å². The monoisotopic (exact) mass is 240 g/mol. The molecule has 0 amide bonds. The maximum atomic E-state index is 11.7. The number of carbonyl (C=O) groups is 1. The summed E-state index contributed by atoms with van der Waals surface area (Å²) in [4.78, 5) is 21.8. The normalized spacial score (nSPS) is 16.2. The highest BCUT2D eigenvalue weighted by Gasteiger charge is 2.22. The predicted molar refractivity (Wildman–Crippen MR) is 67.6 cm³/mol. The molecule has 1 fully saturated rings. The van der Waals surface area contributed by atoms with E-state index < -0.39 is 4.92 Å². The molecule has 1 saturated carbocycles. The highest BCUT2D eigenvalue weighted by Crippen LogP contribution is 2.24. The number of nitro benzene ring substituents is 1. The summed E-state index contributed by atoms with van der Waals surface area (Å²) < 4.78 is 0. The van der Waals surface area contributed by atoms with Crippen molar-refractivity contribution in [2.75, 3.05) is 0 Å². The largest absolute Gasteiger partial charge is 0.294 e. The zero-order chi connectivity index (χ0) is 13.0. The van der Waals surface area contributed by atoms with Crippen LogP contribution < -0.4 is 0 Å². The average Bonchev–Trinajstić information content (AvgIpc) is 2.90. The molecule has 0 aliphatic heterocycles. The summed E-state index contributed by atoms with van der Waals surface area (Å²) in [7, 11) is 0. The fraction of sp³-hybridized carbons (Fsp3) is 0. The fourth-order valence-electron chi connectivity index (χ4n) is 1.55. The molecule has 1 aromatic rings. The summed E-state index contributed by atoms with van der Waals surface area (Å²) in [6, 6.07) is 6.14. The molecule has 89 valence electrons. The van der Waals surface area contributed by atoms with Crippen molar-refractivity contribution in [3.05, 3.63) is 77.6 Å². The molecule has 1 aliphatic carbocycles. The molecular formula is C14H10NO3. The summed E-state index contributed by atoms with van der Waals surface area (Å²) in [5, 5.41) is 10.6. The van der Waals surface area contributed by atoms with Gasteiger partial charge in [-0.25, -0.2) is 0 Å². The number of allylic oxidation sites excluding steroid dienone is 1. The summed E-state index contributed by atoms with van der Waals surface area (Å²) in [6.45, 7) is 0. The summed E-state index contributed by atoms with van der Waals surface area (Å²) in [6.07, 6.45) is 10.00. The van der Waals surface area contributed by atoms with E-state index in [2.05, 4.69) is 0 Å². The molecule has 0 bridgehead atoms. The Morgan fingerprint density at radius 3 is 2.61 bits per heavy atom. The van der Waals surface area contributed by atoms with Crippen molar-refractivity contribution in [2.45, 2.75) is 0 Å². The van der Waals surface area contributed by atoms with E-state index >= 15 is 0 Å². The lowest BCUT2D eigenvalue weighted by atomic mass is 10.0. The third kappa shape index (κ3) is 3.03. The van der Waals surface area contributed by atoms with Crippen LogP contribution in [-0.4, -0.2) is 10.7 Å². The minimum atomic E-state index is -0.462. The number of rotatable bonds is 4. The van der Waals surface area contributed by atoms with E-state index in [1.54, 1.807) is 43.9 Å². The topological polar surface area (TPSA) is 60.2 Å². The molecule has 0 heterocycles. The first-order chi connectivity index (χ1) is 8.66. The van der Waals surface area contributed by atoms with E-state index in [9.17, 15) is 14.9 Å². The van der Waals surface area contributed by atoms with Crippen molar-refractivity contribution in [2.24, 2.45) is 0 Å². The third-order valence-electron chi connectivity index (χ3n) is 2.46. The van der Waals surface area contributed by atoms with Gasteiger partial charge in [-0.15, -0.1) is 0 Å². The van der Waals surface area contributed by atoms with Gasteiger partial charge in [0.2, 0.25) is 0 Å². The molecule has 4 nitrogen and oxygen atoms in total. The number of ketones is 1. The van der Waals surface area contributed by atoms with Gasteiger partial charge in [-0.1, -0.05) is 18.2 Å². The van der Waals surface area contributed by atoms with Crippen LogP contribution in [0.3, 0.4) is 0 Å². The molecule has 0 saturated heterocycles. The first-order valence-electron chi connectivity index (χ1n) is 5.35. The lowest BCUT2D eigenvalue weighted by Crippen LogP contribution is -2.05. The van der Waals surface area contributed by atoms with Crippen molar-refractivity contribution < 1.29 is 9.72 Å². The Bertz CT molecular complexity index is 488. The molecule has 0 spiro atoms. The van der Waals surface area contributed by atoms with E-state index in [1.807, 2.05) is 0 Å². The van der Waals surface area contributed by atoms with Gasteiger partial charge >= 0.3 is 0 Å². The molecule has 1 aromatic carbocycles. The number of nitrogens with zero attached hydrogens (tertiary/aromatic N) is 1. The average molecular weight is 240 g/mol. The Kier molecular flexibility index (Phi) is 3.87. The van der Waals surface area contributed by atoms with E-state index in [1.165, 1.54) is 18.2 Å². The highest BCUT2D eigenvalue weighted by atomic mass is 16.6. The van der Waals surface area contributed by atoms with Crippen LogP contribution in [0.4, 0.5) is 5.69 Å². The van der Waals surface area contributed by atoms with Crippen LogP contribution in [0.2, 0.25) is 0 Å². The van der Waals surface area contributed by atoms with E-state index in [0.29, 0.717) is 11.5 Å². The number of hydrogen-bond acceptors (Lipinski definition) is 3. The maximum absolute atomic E-state index is 11.7. The van der Waals surface area contributed by atoms with Crippen molar-refractivity contribution in [3.63, 3.8) is 0 Å². The van der Waals surface area contributed by atoms with E-state index in [4.69, 9.17) is 0 Å². The van der Waals surface area contributed by atoms with Crippen LogP contribution in [0, 0.1) is 41.7 Å². The van der Waals surface area contributed by atoms with E-state index in [0.717, 1.165) is 0 Å². The van der Waals surface area contributed by atoms with Gasteiger partial charge in [-0.05, 0) is 37.3 Å². The molecule has 0 N–H and O–H groups in total. The van der Waals surface area contributed by atoms with Gasteiger partial charge < -0.3 is 0 Å². The molecule has 4 heteroatoms. The van der Waals surface area contributed by atoms with Gasteiger partial charge in [-0.2, -0.15) is 0 Å². The molecule has 2 rings (SSSR count). The first-order valence-corrected chi connectivity index (χ1v) is 5.35. The summed E-state index contributed by atoms with van der Waals surface area (Å²) in [5.41, 5.74) is 0.641. The van der Waals surface area contributed by atoms with Crippen LogP contribution in [-0.2, 0) is 4.79 Å². The Hall–Kier alpha value is -1.97. The molecule has 18 heavy (non-hydrogen) atoms. The molecule has 5 radical (unpaired) electrons. The lowest BCUT2D eigenvalue weighted by molar-refractivity contribution is -0.384. The Balaban J connectivity index is 2.06. The number of non-ortho nitro benzene ring substituents is 1. The van der Waals surface area contributed by atoms with Crippen LogP contribution in [0.5, 0.6) is 0 Å². The Morgan fingerprint density at radius 2 is 1.94 bits per heavy atom. The van der Waals surface area contributed by atoms with Gasteiger partial charge in [0.1, 0.15) is 0 Å². The van der Waals surface area contributed by atoms with Gasteiger partial charge in [0.05, 0.1) is 10.8 Å². The fourth-order valence-corrected chi connectivity index (χ4v) is 1.55. The third-order valence-corrected chi connectivity index (χ3v) is 2.46. The van der Waals surface area contributed by atoms with Crippen molar-refractivity contribution in [1.29, 1.82) is 0 Å². The van der Waals surface area contributed by atoms with Crippen molar-refractivity contribution in [3.8, 4) is 0 Å². The first kappa shape index (κ1) is 12.5. The predicted octanol–water partition coefficient (Wildman–Crippen LogP) is 2.58. The van der Waals surface area contributed by atoms with Gasteiger partial charge in [-0.3, -0.25) is 14.9 Å². The molecule has 0 unspecified atom stereocenters. The van der Waals surface area contributed by atoms with Gasteiger partial charge in [0, 0.05) is 12.1 Å². The zero-order valence-electron chi connectivity index (χ0n) is 9.45. The number of hydrogen-bond donors (Lipinski definition) is 0. The van der Waals surface area contributed by atoms with Crippen LogP contribution in [0.15, 0.2) is 30.3 Å². The van der Waals surface area contributed by atoms with Crippen LogP contribution in [0.25, 0.3) is 6.08 Å². The molecule has 1 aliphatic rings. The minimum Gasteiger partial charge on any atom is -0.294 e. The van der Waals surface area contributed by atoms with Gasteiger partial charge in [0.15, 0.2) is 5.78 Å². The van der Waals surface area contributed by atoms with Crippen molar-refractivity contribution >= 4 is 17.5 Å². The summed E-state index contributed by atoms with van der Waals surface area (Å²) >= 11 is 0.